The Labute approximate surface area is 171 Å². The third-order valence-corrected chi connectivity index (χ3v) is 6.91. The number of aromatic nitrogens is 1. The quantitative estimate of drug-likeness (QED) is 0.735. The summed E-state index contributed by atoms with van der Waals surface area (Å²) in [5.41, 5.74) is 4.78. The zero-order valence-electron chi connectivity index (χ0n) is 17.1. The van der Waals surface area contributed by atoms with Crippen molar-refractivity contribution in [3.8, 4) is 0 Å². The van der Waals surface area contributed by atoms with E-state index in [1.54, 1.807) is 6.08 Å². The van der Waals surface area contributed by atoms with E-state index in [1.807, 2.05) is 38.1 Å². The molecule has 2 fully saturated rings. The normalized spacial score (nSPS) is 22.6. The van der Waals surface area contributed by atoms with Gasteiger partial charge in [0.1, 0.15) is 5.82 Å². The number of allylic oxidation sites excluding steroid dienone is 2. The average Bonchev–Trinajstić information content (AvgIpc) is 3.30. The molecule has 0 atom stereocenters. The maximum atomic E-state index is 13.0. The molecule has 148 valence electrons. The summed E-state index contributed by atoms with van der Waals surface area (Å²) in [6.07, 6.45) is 7.73. The van der Waals surface area contributed by atoms with Gasteiger partial charge in [-0.05, 0) is 68.7 Å². The van der Waals surface area contributed by atoms with Crippen molar-refractivity contribution in [2.45, 2.75) is 64.5 Å². The van der Waals surface area contributed by atoms with Crippen LogP contribution in [0.5, 0.6) is 0 Å². The predicted molar refractivity (Wildman–Crippen MR) is 114 cm³/mol. The molecule has 5 rings (SSSR count). The Morgan fingerprint density at radius 2 is 1.79 bits per heavy atom. The second-order valence-corrected chi connectivity index (χ2v) is 8.64. The smallest absolute Gasteiger partial charge is 0.196 e. The molecule has 2 saturated heterocycles. The minimum Gasteiger partial charge on any atom is -0.351 e. The van der Waals surface area contributed by atoms with E-state index in [4.69, 9.17) is 4.98 Å². The monoisotopic (exact) mass is 386 g/mol. The third-order valence-electron chi connectivity index (χ3n) is 6.91. The van der Waals surface area contributed by atoms with Crippen LogP contribution in [0.25, 0.3) is 0 Å². The Morgan fingerprint density at radius 1 is 1.07 bits per heavy atom. The number of aryl methyl sites for hydroxylation is 2. The van der Waals surface area contributed by atoms with Crippen LogP contribution in [0.3, 0.4) is 0 Å². The molecule has 2 bridgehead atoms. The van der Waals surface area contributed by atoms with Crippen LogP contribution >= 0.6 is 0 Å². The van der Waals surface area contributed by atoms with Gasteiger partial charge in [0.25, 0.3) is 0 Å². The Kier molecular flexibility index (Phi) is 4.38. The standard InChI is InChI=1S/C25H26N2O2/c1-15-4-3-5-17-6-12-21(25(29)24(15)17)22(28)14-18-7-13-23(26-16(18)2)27-19-8-9-20(27)11-10-19/h3-5,7,12-13,19-20H,6,8-11,14H2,1-2H3. The second-order valence-electron chi connectivity index (χ2n) is 8.64. The summed E-state index contributed by atoms with van der Waals surface area (Å²) < 4.78 is 0. The molecule has 0 amide bonds. The molecular formula is C25H26N2O2. The van der Waals surface area contributed by atoms with Gasteiger partial charge in [-0.25, -0.2) is 4.98 Å². The minimum atomic E-state index is -0.134. The number of nitrogens with zero attached hydrogens (tertiary/aromatic N) is 2. The summed E-state index contributed by atoms with van der Waals surface area (Å²) in [5, 5.41) is 0. The molecule has 1 aromatic carbocycles. The summed E-state index contributed by atoms with van der Waals surface area (Å²) in [6.45, 7) is 3.91. The van der Waals surface area contributed by atoms with Crippen molar-refractivity contribution in [1.29, 1.82) is 0 Å². The molecule has 0 N–H and O–H groups in total. The minimum absolute atomic E-state index is 0.109. The number of fused-ring (bicyclic) bond motifs is 3. The molecule has 0 saturated carbocycles. The van der Waals surface area contributed by atoms with Crippen LogP contribution in [0.4, 0.5) is 5.82 Å². The van der Waals surface area contributed by atoms with Gasteiger partial charge in [0.05, 0.1) is 5.57 Å². The van der Waals surface area contributed by atoms with E-state index in [2.05, 4.69) is 11.0 Å². The number of hydrogen-bond donors (Lipinski definition) is 0. The SMILES string of the molecule is Cc1cccc2c1C(=O)C(C(=O)Cc1ccc(N3C4CCC3CC4)nc1C)=CC2. The average molecular weight is 386 g/mol. The Hall–Kier alpha value is -2.75. The molecule has 1 aliphatic carbocycles. The number of anilines is 1. The van der Waals surface area contributed by atoms with Gasteiger partial charge in [-0.1, -0.05) is 30.3 Å². The topological polar surface area (TPSA) is 50.3 Å². The van der Waals surface area contributed by atoms with Crippen LogP contribution in [-0.4, -0.2) is 28.6 Å². The summed E-state index contributed by atoms with van der Waals surface area (Å²) in [6, 6.07) is 11.2. The van der Waals surface area contributed by atoms with Gasteiger partial charge < -0.3 is 4.90 Å². The lowest BCUT2D eigenvalue weighted by atomic mass is 9.84. The van der Waals surface area contributed by atoms with Crippen molar-refractivity contribution in [1.82, 2.24) is 4.98 Å². The number of hydrogen-bond acceptors (Lipinski definition) is 4. The van der Waals surface area contributed by atoms with Crippen LogP contribution in [-0.2, 0) is 17.6 Å². The number of benzene rings is 1. The molecule has 29 heavy (non-hydrogen) atoms. The van der Waals surface area contributed by atoms with Gasteiger partial charge in [0.2, 0.25) is 0 Å². The molecule has 0 spiro atoms. The van der Waals surface area contributed by atoms with Crippen molar-refractivity contribution >= 4 is 17.4 Å². The number of Topliss-reactive ketones (excluding diaryl/α,β-unsaturated/α-hetero) is 2. The molecule has 4 nitrogen and oxygen atoms in total. The van der Waals surface area contributed by atoms with E-state index in [1.165, 1.54) is 25.7 Å². The van der Waals surface area contributed by atoms with Crippen LogP contribution in [0.1, 0.15) is 58.4 Å². The van der Waals surface area contributed by atoms with Gasteiger partial charge >= 0.3 is 0 Å². The van der Waals surface area contributed by atoms with Crippen molar-refractivity contribution in [2.75, 3.05) is 4.90 Å². The zero-order chi connectivity index (χ0) is 20.1. The summed E-state index contributed by atoms with van der Waals surface area (Å²) in [5.74, 6) is 0.800. The number of ketones is 2. The first-order valence-corrected chi connectivity index (χ1v) is 10.6. The molecule has 0 unspecified atom stereocenters. The molecule has 2 aromatic rings. The van der Waals surface area contributed by atoms with Gasteiger partial charge in [0, 0.05) is 29.8 Å². The fraction of sp³-hybridized carbons (Fsp3) is 0.400. The summed E-state index contributed by atoms with van der Waals surface area (Å²) in [7, 11) is 0. The molecule has 3 aliphatic rings. The highest BCUT2D eigenvalue weighted by molar-refractivity contribution is 6.28. The molecular weight excluding hydrogens is 360 g/mol. The second kappa shape index (κ2) is 6.94. The van der Waals surface area contributed by atoms with E-state index >= 15 is 0 Å². The Bertz CT molecular complexity index is 1030. The lowest BCUT2D eigenvalue weighted by Crippen LogP contribution is -2.29. The van der Waals surface area contributed by atoms with Gasteiger partial charge in [-0.3, -0.25) is 9.59 Å². The van der Waals surface area contributed by atoms with E-state index in [9.17, 15) is 9.59 Å². The molecule has 2 aliphatic heterocycles. The van der Waals surface area contributed by atoms with Gasteiger partial charge in [-0.15, -0.1) is 0 Å². The number of pyridine rings is 1. The van der Waals surface area contributed by atoms with Crippen LogP contribution in [0.15, 0.2) is 42.0 Å². The molecule has 3 heterocycles. The predicted octanol–water partition coefficient (Wildman–Crippen LogP) is 4.31. The largest absolute Gasteiger partial charge is 0.351 e. The van der Waals surface area contributed by atoms with Crippen LogP contribution in [0.2, 0.25) is 0 Å². The lowest BCUT2D eigenvalue weighted by Gasteiger charge is -2.24. The molecule has 4 heteroatoms. The fourth-order valence-electron chi connectivity index (χ4n) is 5.37. The molecule has 0 radical (unpaired) electrons. The van der Waals surface area contributed by atoms with E-state index in [0.717, 1.165) is 28.2 Å². The van der Waals surface area contributed by atoms with Gasteiger partial charge in [0.15, 0.2) is 11.6 Å². The number of rotatable bonds is 4. The Morgan fingerprint density at radius 3 is 2.48 bits per heavy atom. The summed E-state index contributed by atoms with van der Waals surface area (Å²) >= 11 is 0. The maximum Gasteiger partial charge on any atom is 0.196 e. The van der Waals surface area contributed by atoms with Crippen molar-refractivity contribution < 1.29 is 9.59 Å². The first-order chi connectivity index (χ1) is 14.0. The van der Waals surface area contributed by atoms with Crippen LogP contribution < -0.4 is 4.90 Å². The number of carbonyl (C=O) groups excluding carboxylic acids is 2. The van der Waals surface area contributed by atoms with E-state index in [0.29, 0.717) is 29.6 Å². The number of carbonyl (C=O) groups is 2. The lowest BCUT2D eigenvalue weighted by molar-refractivity contribution is -0.114. The first kappa shape index (κ1) is 18.3. The zero-order valence-corrected chi connectivity index (χ0v) is 17.1. The highest BCUT2D eigenvalue weighted by atomic mass is 16.1. The summed E-state index contributed by atoms with van der Waals surface area (Å²) in [4.78, 5) is 33.2. The first-order valence-electron chi connectivity index (χ1n) is 10.6. The van der Waals surface area contributed by atoms with E-state index in [-0.39, 0.29) is 18.0 Å². The highest BCUT2D eigenvalue weighted by Crippen LogP contribution is 2.40. The van der Waals surface area contributed by atoms with Crippen molar-refractivity contribution in [3.05, 3.63) is 69.9 Å². The van der Waals surface area contributed by atoms with Crippen molar-refractivity contribution in [2.24, 2.45) is 0 Å². The molecule has 1 aromatic heterocycles. The Balaban J connectivity index is 1.36. The van der Waals surface area contributed by atoms with Crippen molar-refractivity contribution in [3.63, 3.8) is 0 Å². The van der Waals surface area contributed by atoms with E-state index < -0.39 is 0 Å². The maximum absolute atomic E-state index is 13.0. The van der Waals surface area contributed by atoms with Gasteiger partial charge in [-0.2, -0.15) is 0 Å². The fourth-order valence-corrected chi connectivity index (χ4v) is 5.37. The highest BCUT2D eigenvalue weighted by Gasteiger charge is 2.40. The van der Waals surface area contributed by atoms with Crippen LogP contribution in [0, 0.1) is 13.8 Å². The third kappa shape index (κ3) is 3.02.